The molecule has 3 rings (SSSR count). The first-order valence-electron chi connectivity index (χ1n) is 8.73. The molecule has 0 saturated carbocycles. The van der Waals surface area contributed by atoms with Crippen molar-refractivity contribution in [2.45, 2.75) is 32.4 Å². The first-order chi connectivity index (χ1) is 12.3. The normalized spacial score (nSPS) is 19.8. The molecule has 1 heterocycles. The minimum absolute atomic E-state index is 0.0765. The van der Waals surface area contributed by atoms with E-state index in [2.05, 4.69) is 10.6 Å². The van der Waals surface area contributed by atoms with Crippen molar-refractivity contribution in [3.05, 3.63) is 65.2 Å². The van der Waals surface area contributed by atoms with Crippen LogP contribution in [0.4, 0.5) is 5.69 Å². The fourth-order valence-electron chi connectivity index (χ4n) is 3.21. The number of amides is 1. The number of sulfone groups is 1. The van der Waals surface area contributed by atoms with Gasteiger partial charge in [-0.05, 0) is 43.0 Å². The Balaban J connectivity index is 1.83. The summed E-state index contributed by atoms with van der Waals surface area (Å²) in [6.07, 6.45) is 0.530. The number of nitrogens with one attached hydrogen (secondary N) is 2. The van der Waals surface area contributed by atoms with Crippen LogP contribution in [0.25, 0.3) is 0 Å². The topological polar surface area (TPSA) is 75.3 Å². The highest BCUT2D eigenvalue weighted by Crippen LogP contribution is 2.22. The minimum Gasteiger partial charge on any atom is -0.324 e. The second-order valence-corrected chi connectivity index (χ2v) is 9.15. The van der Waals surface area contributed by atoms with E-state index in [4.69, 9.17) is 0 Å². The van der Waals surface area contributed by atoms with Gasteiger partial charge in [0.05, 0.1) is 11.5 Å². The molecule has 1 fully saturated rings. The van der Waals surface area contributed by atoms with E-state index in [1.807, 2.05) is 62.4 Å². The molecule has 0 bridgehead atoms. The van der Waals surface area contributed by atoms with Crippen molar-refractivity contribution in [3.63, 3.8) is 0 Å². The largest absolute Gasteiger partial charge is 0.324 e. The van der Waals surface area contributed by atoms with Crippen LogP contribution in [-0.4, -0.2) is 31.9 Å². The van der Waals surface area contributed by atoms with Gasteiger partial charge in [0.25, 0.3) is 0 Å². The Morgan fingerprint density at radius 1 is 1.12 bits per heavy atom. The van der Waals surface area contributed by atoms with Gasteiger partial charge < -0.3 is 5.32 Å². The SMILES string of the molecule is Cc1ccc(C)c(NC(=O)[C@@H](N[C@@H]2CCS(=O)(=O)C2)c2ccccc2)c1. The van der Waals surface area contributed by atoms with Gasteiger partial charge >= 0.3 is 0 Å². The summed E-state index contributed by atoms with van der Waals surface area (Å²) >= 11 is 0. The number of carbonyl (C=O) groups excluding carboxylic acids is 1. The number of aryl methyl sites for hydroxylation is 2. The molecule has 0 aliphatic carbocycles. The quantitative estimate of drug-likeness (QED) is 0.846. The van der Waals surface area contributed by atoms with E-state index < -0.39 is 15.9 Å². The molecule has 2 aromatic carbocycles. The van der Waals surface area contributed by atoms with Gasteiger partial charge in [0, 0.05) is 11.7 Å². The van der Waals surface area contributed by atoms with Crippen molar-refractivity contribution in [3.8, 4) is 0 Å². The monoisotopic (exact) mass is 372 g/mol. The van der Waals surface area contributed by atoms with Gasteiger partial charge in [-0.2, -0.15) is 0 Å². The summed E-state index contributed by atoms with van der Waals surface area (Å²) in [6, 6.07) is 14.5. The van der Waals surface area contributed by atoms with Crippen LogP contribution in [0, 0.1) is 13.8 Å². The highest BCUT2D eigenvalue weighted by molar-refractivity contribution is 7.91. The second-order valence-electron chi connectivity index (χ2n) is 6.92. The molecule has 26 heavy (non-hydrogen) atoms. The number of carbonyl (C=O) groups is 1. The zero-order valence-electron chi connectivity index (χ0n) is 15.0. The highest BCUT2D eigenvalue weighted by Gasteiger charge is 2.32. The fourth-order valence-corrected chi connectivity index (χ4v) is 4.89. The van der Waals surface area contributed by atoms with Crippen molar-refractivity contribution < 1.29 is 13.2 Å². The average Bonchev–Trinajstić information content (AvgIpc) is 2.95. The van der Waals surface area contributed by atoms with Crippen LogP contribution in [0.3, 0.4) is 0 Å². The predicted molar refractivity (Wildman–Crippen MR) is 104 cm³/mol. The first-order valence-corrected chi connectivity index (χ1v) is 10.6. The van der Waals surface area contributed by atoms with Crippen molar-refractivity contribution in [2.75, 3.05) is 16.8 Å². The molecule has 2 aromatic rings. The van der Waals surface area contributed by atoms with Crippen LogP contribution in [-0.2, 0) is 14.6 Å². The maximum absolute atomic E-state index is 13.0. The van der Waals surface area contributed by atoms with Gasteiger partial charge in [0.2, 0.25) is 5.91 Å². The van der Waals surface area contributed by atoms with Crippen LogP contribution < -0.4 is 10.6 Å². The third-order valence-corrected chi connectivity index (χ3v) is 6.45. The molecule has 1 aliphatic heterocycles. The van der Waals surface area contributed by atoms with E-state index in [1.54, 1.807) is 0 Å². The van der Waals surface area contributed by atoms with Gasteiger partial charge in [0.1, 0.15) is 6.04 Å². The molecule has 1 aliphatic rings. The number of rotatable bonds is 5. The lowest BCUT2D eigenvalue weighted by atomic mass is 10.0. The maximum Gasteiger partial charge on any atom is 0.246 e. The Morgan fingerprint density at radius 3 is 2.50 bits per heavy atom. The number of hydrogen-bond acceptors (Lipinski definition) is 4. The first kappa shape index (κ1) is 18.6. The molecule has 2 atom stereocenters. The summed E-state index contributed by atoms with van der Waals surface area (Å²) in [6.45, 7) is 3.93. The zero-order valence-corrected chi connectivity index (χ0v) is 15.8. The number of hydrogen-bond donors (Lipinski definition) is 2. The molecular weight excluding hydrogens is 348 g/mol. The summed E-state index contributed by atoms with van der Waals surface area (Å²) in [5.74, 6) is 0.0620. The van der Waals surface area contributed by atoms with Gasteiger partial charge in [-0.25, -0.2) is 8.42 Å². The molecule has 0 spiro atoms. The Hall–Kier alpha value is -2.18. The lowest BCUT2D eigenvalue weighted by Gasteiger charge is -2.23. The lowest BCUT2D eigenvalue weighted by Crippen LogP contribution is -2.40. The molecule has 1 saturated heterocycles. The van der Waals surface area contributed by atoms with Gasteiger partial charge in [0.15, 0.2) is 9.84 Å². The van der Waals surface area contributed by atoms with E-state index >= 15 is 0 Å². The predicted octanol–water partition coefficient (Wildman–Crippen LogP) is 2.76. The minimum atomic E-state index is -3.01. The highest BCUT2D eigenvalue weighted by atomic mass is 32.2. The smallest absolute Gasteiger partial charge is 0.246 e. The number of anilines is 1. The Bertz CT molecular complexity index is 895. The Kier molecular flexibility index (Phi) is 5.44. The molecule has 1 amide bonds. The van der Waals surface area contributed by atoms with E-state index in [0.717, 1.165) is 22.4 Å². The molecule has 5 nitrogen and oxygen atoms in total. The average molecular weight is 372 g/mol. The molecule has 0 radical (unpaired) electrons. The van der Waals surface area contributed by atoms with Crippen molar-refractivity contribution >= 4 is 21.4 Å². The van der Waals surface area contributed by atoms with Gasteiger partial charge in [-0.3, -0.25) is 10.1 Å². The molecule has 138 valence electrons. The van der Waals surface area contributed by atoms with Crippen molar-refractivity contribution in [1.29, 1.82) is 0 Å². The second kappa shape index (κ2) is 7.60. The summed E-state index contributed by atoms with van der Waals surface area (Å²) in [4.78, 5) is 13.0. The third kappa shape index (κ3) is 4.51. The van der Waals surface area contributed by atoms with Crippen molar-refractivity contribution in [2.24, 2.45) is 0 Å². The molecule has 0 aromatic heterocycles. The van der Waals surface area contributed by atoms with Crippen LogP contribution in [0.15, 0.2) is 48.5 Å². The van der Waals surface area contributed by atoms with Crippen LogP contribution in [0.2, 0.25) is 0 Å². The summed E-state index contributed by atoms with van der Waals surface area (Å²) in [5, 5.41) is 6.24. The summed E-state index contributed by atoms with van der Waals surface area (Å²) < 4.78 is 23.5. The van der Waals surface area contributed by atoms with Crippen LogP contribution in [0.1, 0.15) is 29.2 Å². The van der Waals surface area contributed by atoms with E-state index in [1.165, 1.54) is 0 Å². The van der Waals surface area contributed by atoms with E-state index in [9.17, 15) is 13.2 Å². The third-order valence-electron chi connectivity index (χ3n) is 4.68. The fraction of sp³-hybridized carbons (Fsp3) is 0.350. The van der Waals surface area contributed by atoms with Gasteiger partial charge in [-0.15, -0.1) is 0 Å². The van der Waals surface area contributed by atoms with Crippen LogP contribution >= 0.6 is 0 Å². The van der Waals surface area contributed by atoms with Gasteiger partial charge in [-0.1, -0.05) is 42.5 Å². The summed E-state index contributed by atoms with van der Waals surface area (Å²) in [7, 11) is -3.01. The Morgan fingerprint density at radius 2 is 1.85 bits per heavy atom. The molecule has 6 heteroatoms. The van der Waals surface area contributed by atoms with E-state index in [-0.39, 0.29) is 23.5 Å². The molecule has 2 N–H and O–H groups in total. The lowest BCUT2D eigenvalue weighted by molar-refractivity contribution is -0.118. The van der Waals surface area contributed by atoms with Crippen molar-refractivity contribution in [1.82, 2.24) is 5.32 Å². The summed E-state index contributed by atoms with van der Waals surface area (Å²) in [5.41, 5.74) is 3.65. The van der Waals surface area contributed by atoms with Crippen LogP contribution in [0.5, 0.6) is 0 Å². The Labute approximate surface area is 154 Å². The zero-order chi connectivity index (χ0) is 18.7. The molecule has 0 unspecified atom stereocenters. The maximum atomic E-state index is 13.0. The molecular formula is C20H24N2O3S. The van der Waals surface area contributed by atoms with E-state index in [0.29, 0.717) is 6.42 Å². The number of benzene rings is 2. The standard InChI is InChI=1S/C20H24N2O3S/c1-14-8-9-15(2)18(12-14)22-20(23)19(16-6-4-3-5-7-16)21-17-10-11-26(24,25)13-17/h3-9,12,17,19,21H,10-11,13H2,1-2H3,(H,22,23)/t17-,19+/m1/s1.